The fourth-order valence-electron chi connectivity index (χ4n) is 1.05. The molecule has 0 atom stereocenters. The van der Waals surface area contributed by atoms with Gasteiger partial charge < -0.3 is 0 Å². The highest BCUT2D eigenvalue weighted by Gasteiger charge is 2.00. The SMILES string of the molecule is CSc1ccc(CS)cc1CS. The number of thioether (sulfide) groups is 1. The lowest BCUT2D eigenvalue weighted by molar-refractivity contribution is 1.24. The van der Waals surface area contributed by atoms with Crippen molar-refractivity contribution >= 4 is 37.0 Å². The first-order valence-electron chi connectivity index (χ1n) is 3.69. The predicted octanol–water partition coefficient (Wildman–Crippen LogP) is 3.27. The van der Waals surface area contributed by atoms with Gasteiger partial charge in [0, 0.05) is 16.4 Å². The van der Waals surface area contributed by atoms with Gasteiger partial charge in [0.2, 0.25) is 0 Å². The van der Waals surface area contributed by atoms with Crippen molar-refractivity contribution in [2.45, 2.75) is 16.4 Å². The maximum absolute atomic E-state index is 4.28. The van der Waals surface area contributed by atoms with Gasteiger partial charge in [-0.05, 0) is 23.4 Å². The molecule has 0 bridgehead atoms. The lowest BCUT2D eigenvalue weighted by Gasteiger charge is -2.05. The molecule has 0 aromatic heterocycles. The van der Waals surface area contributed by atoms with Crippen molar-refractivity contribution in [1.82, 2.24) is 0 Å². The zero-order chi connectivity index (χ0) is 8.97. The van der Waals surface area contributed by atoms with Gasteiger partial charge in [-0.25, -0.2) is 0 Å². The Morgan fingerprint density at radius 1 is 1.25 bits per heavy atom. The lowest BCUT2D eigenvalue weighted by Crippen LogP contribution is -1.86. The minimum absolute atomic E-state index is 0.801. The van der Waals surface area contributed by atoms with E-state index in [-0.39, 0.29) is 0 Å². The van der Waals surface area contributed by atoms with Crippen LogP contribution >= 0.6 is 37.0 Å². The lowest BCUT2D eigenvalue weighted by atomic mass is 10.2. The molecule has 0 amide bonds. The minimum atomic E-state index is 0.801. The highest BCUT2D eigenvalue weighted by molar-refractivity contribution is 7.98. The van der Waals surface area contributed by atoms with Crippen LogP contribution in [0.3, 0.4) is 0 Å². The van der Waals surface area contributed by atoms with Crippen LogP contribution < -0.4 is 0 Å². The second kappa shape index (κ2) is 5.10. The molecule has 0 fully saturated rings. The Balaban J connectivity index is 3.02. The van der Waals surface area contributed by atoms with Gasteiger partial charge in [-0.15, -0.1) is 11.8 Å². The van der Waals surface area contributed by atoms with E-state index >= 15 is 0 Å². The van der Waals surface area contributed by atoms with E-state index in [2.05, 4.69) is 49.7 Å². The van der Waals surface area contributed by atoms with Crippen molar-refractivity contribution in [3.63, 3.8) is 0 Å². The first kappa shape index (κ1) is 10.4. The molecular formula is C9H12S3. The number of hydrogen-bond acceptors (Lipinski definition) is 3. The second-order valence-electron chi connectivity index (χ2n) is 2.46. The van der Waals surface area contributed by atoms with Crippen molar-refractivity contribution in [3.05, 3.63) is 29.3 Å². The van der Waals surface area contributed by atoms with Crippen LogP contribution in [-0.2, 0) is 11.5 Å². The zero-order valence-electron chi connectivity index (χ0n) is 6.95. The van der Waals surface area contributed by atoms with Gasteiger partial charge in [0.15, 0.2) is 0 Å². The van der Waals surface area contributed by atoms with E-state index in [9.17, 15) is 0 Å². The van der Waals surface area contributed by atoms with Gasteiger partial charge in [-0.3, -0.25) is 0 Å². The molecule has 0 aliphatic rings. The van der Waals surface area contributed by atoms with Crippen LogP contribution in [0.5, 0.6) is 0 Å². The molecule has 1 rings (SSSR count). The molecule has 0 spiro atoms. The Bertz CT molecular complexity index is 258. The summed E-state index contributed by atoms with van der Waals surface area (Å²) >= 11 is 10.3. The van der Waals surface area contributed by atoms with E-state index < -0.39 is 0 Å². The molecule has 1 aromatic carbocycles. The molecule has 0 nitrogen and oxygen atoms in total. The van der Waals surface area contributed by atoms with Crippen LogP contribution in [0.1, 0.15) is 11.1 Å². The smallest absolute Gasteiger partial charge is 0.0165 e. The monoisotopic (exact) mass is 216 g/mol. The second-order valence-corrected chi connectivity index (χ2v) is 3.94. The molecule has 0 radical (unpaired) electrons. The van der Waals surface area contributed by atoms with Crippen LogP contribution in [-0.4, -0.2) is 6.26 Å². The molecule has 0 aliphatic heterocycles. The van der Waals surface area contributed by atoms with E-state index in [0.717, 1.165) is 11.5 Å². The van der Waals surface area contributed by atoms with Crippen LogP contribution in [0.4, 0.5) is 0 Å². The van der Waals surface area contributed by atoms with E-state index in [1.165, 1.54) is 16.0 Å². The third-order valence-electron chi connectivity index (χ3n) is 1.70. The highest BCUT2D eigenvalue weighted by Crippen LogP contribution is 2.23. The van der Waals surface area contributed by atoms with Crippen LogP contribution in [0, 0.1) is 0 Å². The third-order valence-corrected chi connectivity index (χ3v) is 3.24. The highest BCUT2D eigenvalue weighted by atomic mass is 32.2. The summed E-state index contributed by atoms with van der Waals surface area (Å²) in [5.41, 5.74) is 2.57. The maximum Gasteiger partial charge on any atom is 0.0165 e. The molecule has 66 valence electrons. The van der Waals surface area contributed by atoms with Gasteiger partial charge in [-0.1, -0.05) is 12.1 Å². The van der Waals surface area contributed by atoms with Crippen LogP contribution in [0.2, 0.25) is 0 Å². The molecule has 12 heavy (non-hydrogen) atoms. The minimum Gasteiger partial charge on any atom is -0.175 e. The predicted molar refractivity (Wildman–Crippen MR) is 63.6 cm³/mol. The Morgan fingerprint density at radius 2 is 2.00 bits per heavy atom. The molecule has 0 aliphatic carbocycles. The molecule has 1 aromatic rings. The van der Waals surface area contributed by atoms with Crippen LogP contribution in [0.15, 0.2) is 23.1 Å². The van der Waals surface area contributed by atoms with Crippen molar-refractivity contribution in [2.24, 2.45) is 0 Å². The summed E-state index contributed by atoms with van der Waals surface area (Å²) in [5.74, 6) is 1.60. The van der Waals surface area contributed by atoms with Gasteiger partial charge in [0.25, 0.3) is 0 Å². The van der Waals surface area contributed by atoms with Crippen molar-refractivity contribution in [1.29, 1.82) is 0 Å². The summed E-state index contributed by atoms with van der Waals surface area (Å²) in [4.78, 5) is 1.32. The number of thiol groups is 2. The molecule has 0 unspecified atom stereocenters. The fourth-order valence-corrected chi connectivity index (χ4v) is 2.22. The molecular weight excluding hydrogens is 204 g/mol. The van der Waals surface area contributed by atoms with E-state index in [1.807, 2.05) is 0 Å². The topological polar surface area (TPSA) is 0 Å². The van der Waals surface area contributed by atoms with Crippen molar-refractivity contribution in [3.8, 4) is 0 Å². The number of benzene rings is 1. The van der Waals surface area contributed by atoms with Crippen LogP contribution in [0.25, 0.3) is 0 Å². The quantitative estimate of drug-likeness (QED) is 0.577. The van der Waals surface area contributed by atoms with E-state index in [1.54, 1.807) is 11.8 Å². The summed E-state index contributed by atoms with van der Waals surface area (Å²) in [6.45, 7) is 0. The van der Waals surface area contributed by atoms with Gasteiger partial charge >= 0.3 is 0 Å². The maximum atomic E-state index is 4.28. The van der Waals surface area contributed by atoms with Gasteiger partial charge in [0.1, 0.15) is 0 Å². The normalized spacial score (nSPS) is 10.2. The summed E-state index contributed by atoms with van der Waals surface area (Å²) in [5, 5.41) is 0. The Labute approximate surface area is 89.0 Å². The fraction of sp³-hybridized carbons (Fsp3) is 0.333. The van der Waals surface area contributed by atoms with E-state index in [4.69, 9.17) is 0 Å². The van der Waals surface area contributed by atoms with E-state index in [0.29, 0.717) is 0 Å². The first-order valence-corrected chi connectivity index (χ1v) is 6.18. The van der Waals surface area contributed by atoms with Gasteiger partial charge in [0.05, 0.1) is 0 Å². The standard InChI is InChI=1S/C9H12S3/c1-12-9-3-2-7(5-10)4-8(9)6-11/h2-4,10-11H,5-6H2,1H3. The number of hydrogen-bond donors (Lipinski definition) is 2. The molecule has 0 saturated heterocycles. The molecule has 0 saturated carbocycles. The van der Waals surface area contributed by atoms with Crippen molar-refractivity contribution in [2.75, 3.05) is 6.26 Å². The molecule has 0 heterocycles. The zero-order valence-corrected chi connectivity index (χ0v) is 9.55. The summed E-state index contributed by atoms with van der Waals surface area (Å²) in [6, 6.07) is 6.43. The third kappa shape index (κ3) is 2.38. The van der Waals surface area contributed by atoms with Gasteiger partial charge in [-0.2, -0.15) is 25.3 Å². The van der Waals surface area contributed by atoms with Crippen molar-refractivity contribution < 1.29 is 0 Å². The number of rotatable bonds is 3. The summed E-state index contributed by atoms with van der Waals surface area (Å²) < 4.78 is 0. The average Bonchev–Trinajstić information content (AvgIpc) is 2.16. The average molecular weight is 216 g/mol. The summed E-state index contributed by atoms with van der Waals surface area (Å²) in [7, 11) is 0. The molecule has 3 heteroatoms. The first-order chi connectivity index (χ1) is 5.81. The summed E-state index contributed by atoms with van der Waals surface area (Å²) in [6.07, 6.45) is 2.09. The Kier molecular flexibility index (Phi) is 4.40. The molecule has 0 N–H and O–H groups in total. The largest absolute Gasteiger partial charge is 0.175 e. The Hall–Kier alpha value is 0.270. The Morgan fingerprint density at radius 3 is 2.50 bits per heavy atom.